The summed E-state index contributed by atoms with van der Waals surface area (Å²) in [5.41, 5.74) is 3.17. The lowest BCUT2D eigenvalue weighted by Crippen LogP contribution is -2.14. The highest BCUT2D eigenvalue weighted by Crippen LogP contribution is 2.18. The fourth-order valence-corrected chi connectivity index (χ4v) is 2.39. The monoisotopic (exact) mass is 346 g/mol. The second kappa shape index (κ2) is 7.94. The first kappa shape index (κ1) is 17.2. The normalized spacial score (nSPS) is 10.0. The largest absolute Gasteiger partial charge is 0.355 e. The molecule has 0 saturated carbocycles. The van der Waals surface area contributed by atoms with Crippen LogP contribution in [-0.4, -0.2) is 16.8 Å². The zero-order valence-electron chi connectivity index (χ0n) is 14.2. The zero-order chi connectivity index (χ0) is 18.4. The molecule has 0 aliphatic heterocycles. The van der Waals surface area contributed by atoms with Crippen molar-refractivity contribution in [2.75, 3.05) is 16.0 Å². The highest BCUT2D eigenvalue weighted by atomic mass is 16.2. The van der Waals surface area contributed by atoms with E-state index in [1.54, 1.807) is 42.6 Å². The van der Waals surface area contributed by atoms with Gasteiger partial charge in [0.2, 0.25) is 5.91 Å². The molecule has 0 aliphatic carbocycles. The Kier molecular flexibility index (Phi) is 5.24. The van der Waals surface area contributed by atoms with Crippen LogP contribution in [0.4, 0.5) is 22.7 Å². The summed E-state index contributed by atoms with van der Waals surface area (Å²) in [6.07, 6.45) is 1.58. The number of rotatable bonds is 5. The summed E-state index contributed by atoms with van der Waals surface area (Å²) in [6, 6.07) is 20.1. The molecule has 0 atom stereocenters. The van der Waals surface area contributed by atoms with E-state index in [1.807, 2.05) is 30.3 Å². The first-order chi connectivity index (χ1) is 12.6. The fourth-order valence-electron chi connectivity index (χ4n) is 2.39. The lowest BCUT2D eigenvalue weighted by Gasteiger charge is -2.09. The summed E-state index contributed by atoms with van der Waals surface area (Å²) >= 11 is 0. The van der Waals surface area contributed by atoms with Crippen molar-refractivity contribution in [1.82, 2.24) is 4.98 Å². The van der Waals surface area contributed by atoms with Crippen LogP contribution >= 0.6 is 0 Å². The van der Waals surface area contributed by atoms with E-state index in [0.29, 0.717) is 11.4 Å². The van der Waals surface area contributed by atoms with Crippen molar-refractivity contribution in [1.29, 1.82) is 0 Å². The van der Waals surface area contributed by atoms with Crippen LogP contribution in [0.15, 0.2) is 72.9 Å². The molecule has 0 bridgehead atoms. The molecule has 1 heterocycles. The van der Waals surface area contributed by atoms with E-state index in [0.717, 1.165) is 11.4 Å². The molecule has 0 fully saturated rings. The Balaban J connectivity index is 1.72. The standard InChI is InChI=1S/C20H18N4O2/c1-14(25)22-16-8-5-9-17(12-16)24-20(26)19-13-18(10-11-21-19)23-15-6-3-2-4-7-15/h2-13H,1H3,(H,21,23)(H,22,25)(H,24,26). The third kappa shape index (κ3) is 4.67. The maximum atomic E-state index is 12.5. The minimum absolute atomic E-state index is 0.171. The minimum atomic E-state index is -0.332. The van der Waals surface area contributed by atoms with E-state index < -0.39 is 0 Å². The van der Waals surface area contributed by atoms with Gasteiger partial charge < -0.3 is 16.0 Å². The Morgan fingerprint density at radius 1 is 0.769 bits per heavy atom. The molecule has 130 valence electrons. The van der Waals surface area contributed by atoms with Crippen LogP contribution in [0.25, 0.3) is 0 Å². The number of hydrogen-bond donors (Lipinski definition) is 3. The van der Waals surface area contributed by atoms with Gasteiger partial charge in [0, 0.05) is 35.9 Å². The van der Waals surface area contributed by atoms with Crippen LogP contribution in [0, 0.1) is 0 Å². The maximum Gasteiger partial charge on any atom is 0.274 e. The van der Waals surface area contributed by atoms with Crippen molar-refractivity contribution in [3.63, 3.8) is 0 Å². The quantitative estimate of drug-likeness (QED) is 0.651. The lowest BCUT2D eigenvalue weighted by molar-refractivity contribution is -0.114. The van der Waals surface area contributed by atoms with Crippen molar-refractivity contribution >= 4 is 34.6 Å². The Morgan fingerprint density at radius 2 is 1.46 bits per heavy atom. The van der Waals surface area contributed by atoms with Crippen LogP contribution in [0.3, 0.4) is 0 Å². The van der Waals surface area contributed by atoms with E-state index in [1.165, 1.54) is 6.92 Å². The van der Waals surface area contributed by atoms with Crippen molar-refractivity contribution in [2.24, 2.45) is 0 Å². The number of para-hydroxylation sites is 1. The summed E-state index contributed by atoms with van der Waals surface area (Å²) in [7, 11) is 0. The molecule has 6 nitrogen and oxygen atoms in total. The number of aromatic nitrogens is 1. The minimum Gasteiger partial charge on any atom is -0.355 e. The van der Waals surface area contributed by atoms with E-state index in [4.69, 9.17) is 0 Å². The average Bonchev–Trinajstić information content (AvgIpc) is 2.62. The maximum absolute atomic E-state index is 12.5. The van der Waals surface area contributed by atoms with Gasteiger partial charge in [-0.05, 0) is 42.5 Å². The molecule has 3 aromatic rings. The zero-order valence-corrected chi connectivity index (χ0v) is 14.2. The number of amides is 2. The third-order valence-electron chi connectivity index (χ3n) is 3.50. The Labute approximate surface area is 151 Å². The molecule has 3 rings (SSSR count). The predicted octanol–water partition coefficient (Wildman–Crippen LogP) is 4.04. The molecule has 0 radical (unpaired) electrons. The van der Waals surface area contributed by atoms with Gasteiger partial charge in [0.1, 0.15) is 5.69 Å². The van der Waals surface area contributed by atoms with Gasteiger partial charge in [-0.25, -0.2) is 0 Å². The number of anilines is 4. The summed E-state index contributed by atoms with van der Waals surface area (Å²) in [4.78, 5) is 27.7. The summed E-state index contributed by atoms with van der Waals surface area (Å²) in [5, 5.41) is 8.69. The second-order valence-electron chi connectivity index (χ2n) is 5.64. The molecule has 26 heavy (non-hydrogen) atoms. The molecule has 0 aliphatic rings. The molecule has 6 heteroatoms. The van der Waals surface area contributed by atoms with Crippen LogP contribution in [0.1, 0.15) is 17.4 Å². The summed E-state index contributed by atoms with van der Waals surface area (Å²) in [5.74, 6) is -0.503. The van der Waals surface area contributed by atoms with E-state index in [2.05, 4.69) is 20.9 Å². The van der Waals surface area contributed by atoms with Gasteiger partial charge in [0.15, 0.2) is 0 Å². The molecule has 0 saturated heterocycles. The van der Waals surface area contributed by atoms with Gasteiger partial charge >= 0.3 is 0 Å². The molecule has 2 amide bonds. The number of pyridine rings is 1. The molecule has 0 unspecified atom stereocenters. The Hall–Kier alpha value is -3.67. The number of benzene rings is 2. The van der Waals surface area contributed by atoms with Crippen molar-refractivity contribution in [2.45, 2.75) is 6.92 Å². The molecule has 0 spiro atoms. The van der Waals surface area contributed by atoms with Gasteiger partial charge in [-0.15, -0.1) is 0 Å². The van der Waals surface area contributed by atoms with Gasteiger partial charge in [-0.3, -0.25) is 14.6 Å². The van der Waals surface area contributed by atoms with Crippen LogP contribution in [0.2, 0.25) is 0 Å². The van der Waals surface area contributed by atoms with Gasteiger partial charge in [-0.2, -0.15) is 0 Å². The predicted molar refractivity (Wildman–Crippen MR) is 103 cm³/mol. The van der Waals surface area contributed by atoms with E-state index >= 15 is 0 Å². The highest BCUT2D eigenvalue weighted by molar-refractivity contribution is 6.03. The fraction of sp³-hybridized carbons (Fsp3) is 0.0500. The molecule has 1 aromatic heterocycles. The van der Waals surface area contributed by atoms with Crippen LogP contribution in [-0.2, 0) is 4.79 Å². The SMILES string of the molecule is CC(=O)Nc1cccc(NC(=O)c2cc(Nc3ccccc3)ccn2)c1. The van der Waals surface area contributed by atoms with Crippen molar-refractivity contribution in [3.8, 4) is 0 Å². The summed E-state index contributed by atoms with van der Waals surface area (Å²) < 4.78 is 0. The second-order valence-corrected chi connectivity index (χ2v) is 5.64. The van der Waals surface area contributed by atoms with E-state index in [-0.39, 0.29) is 17.5 Å². The number of carbonyl (C=O) groups is 2. The smallest absolute Gasteiger partial charge is 0.274 e. The highest BCUT2D eigenvalue weighted by Gasteiger charge is 2.09. The van der Waals surface area contributed by atoms with Gasteiger partial charge in [-0.1, -0.05) is 24.3 Å². The Bertz CT molecular complexity index is 926. The van der Waals surface area contributed by atoms with Crippen LogP contribution < -0.4 is 16.0 Å². The Morgan fingerprint density at radius 3 is 2.19 bits per heavy atom. The van der Waals surface area contributed by atoms with Gasteiger partial charge in [0.25, 0.3) is 5.91 Å². The summed E-state index contributed by atoms with van der Waals surface area (Å²) in [6.45, 7) is 1.43. The topological polar surface area (TPSA) is 83.1 Å². The molecular formula is C20H18N4O2. The molecular weight excluding hydrogens is 328 g/mol. The van der Waals surface area contributed by atoms with Crippen LogP contribution in [0.5, 0.6) is 0 Å². The number of nitrogens with zero attached hydrogens (tertiary/aromatic N) is 1. The lowest BCUT2D eigenvalue weighted by atomic mass is 10.2. The van der Waals surface area contributed by atoms with E-state index in [9.17, 15) is 9.59 Å². The number of hydrogen-bond acceptors (Lipinski definition) is 4. The van der Waals surface area contributed by atoms with Crippen molar-refractivity contribution < 1.29 is 9.59 Å². The number of nitrogens with one attached hydrogen (secondary N) is 3. The van der Waals surface area contributed by atoms with Crippen molar-refractivity contribution in [3.05, 3.63) is 78.6 Å². The average molecular weight is 346 g/mol. The number of carbonyl (C=O) groups excluding carboxylic acids is 2. The molecule has 3 N–H and O–H groups in total. The van der Waals surface area contributed by atoms with Gasteiger partial charge in [0.05, 0.1) is 0 Å². The first-order valence-electron chi connectivity index (χ1n) is 8.07. The third-order valence-corrected chi connectivity index (χ3v) is 3.50. The first-order valence-corrected chi connectivity index (χ1v) is 8.07. The molecule has 2 aromatic carbocycles.